The SMILES string of the molecule is C=C(C)CN(CC)C(=O)CNCC(F)(F)F. The van der Waals surface area contributed by atoms with Crippen molar-refractivity contribution in [3.05, 3.63) is 12.2 Å². The molecule has 0 radical (unpaired) electrons. The van der Waals surface area contributed by atoms with Crippen LogP contribution in [0.25, 0.3) is 0 Å². The van der Waals surface area contributed by atoms with Crippen LogP contribution in [0.15, 0.2) is 12.2 Å². The lowest BCUT2D eigenvalue weighted by atomic mass is 10.3. The van der Waals surface area contributed by atoms with Crippen molar-refractivity contribution in [1.82, 2.24) is 10.2 Å². The first-order valence-corrected chi connectivity index (χ1v) is 4.96. The Morgan fingerprint density at radius 1 is 1.44 bits per heavy atom. The van der Waals surface area contributed by atoms with Crippen molar-refractivity contribution >= 4 is 5.91 Å². The van der Waals surface area contributed by atoms with E-state index in [2.05, 4.69) is 11.9 Å². The highest BCUT2D eigenvalue weighted by molar-refractivity contribution is 5.78. The van der Waals surface area contributed by atoms with Crippen LogP contribution in [0.4, 0.5) is 13.2 Å². The third-order valence-electron chi connectivity index (χ3n) is 1.80. The summed E-state index contributed by atoms with van der Waals surface area (Å²) >= 11 is 0. The fourth-order valence-corrected chi connectivity index (χ4v) is 1.13. The smallest absolute Gasteiger partial charge is 0.338 e. The average molecular weight is 238 g/mol. The summed E-state index contributed by atoms with van der Waals surface area (Å²) < 4.78 is 35.4. The van der Waals surface area contributed by atoms with E-state index in [0.29, 0.717) is 13.1 Å². The second kappa shape index (κ2) is 6.52. The van der Waals surface area contributed by atoms with Crippen LogP contribution in [-0.2, 0) is 4.79 Å². The lowest BCUT2D eigenvalue weighted by Gasteiger charge is -2.21. The number of hydrogen-bond acceptors (Lipinski definition) is 2. The molecule has 0 atom stereocenters. The van der Waals surface area contributed by atoms with Gasteiger partial charge in [0.25, 0.3) is 0 Å². The molecule has 0 saturated carbocycles. The Morgan fingerprint density at radius 2 is 2.00 bits per heavy atom. The standard InChI is InChI=1S/C10H17F3N2O/c1-4-15(6-8(2)3)9(16)5-14-7-10(11,12)13/h14H,2,4-7H2,1,3H3. The number of hydrogen-bond donors (Lipinski definition) is 1. The summed E-state index contributed by atoms with van der Waals surface area (Å²) in [5.74, 6) is -0.352. The van der Waals surface area contributed by atoms with Gasteiger partial charge in [-0.1, -0.05) is 12.2 Å². The average Bonchev–Trinajstić information content (AvgIpc) is 2.11. The number of carbonyl (C=O) groups is 1. The summed E-state index contributed by atoms with van der Waals surface area (Å²) in [4.78, 5) is 12.9. The van der Waals surface area contributed by atoms with E-state index in [-0.39, 0.29) is 12.5 Å². The Kier molecular flexibility index (Phi) is 6.10. The van der Waals surface area contributed by atoms with E-state index in [9.17, 15) is 18.0 Å². The molecule has 16 heavy (non-hydrogen) atoms. The molecule has 0 aliphatic rings. The zero-order valence-corrected chi connectivity index (χ0v) is 9.52. The molecule has 0 heterocycles. The molecule has 0 fully saturated rings. The fourth-order valence-electron chi connectivity index (χ4n) is 1.13. The van der Waals surface area contributed by atoms with Crippen LogP contribution in [0.2, 0.25) is 0 Å². The molecule has 0 saturated heterocycles. The highest BCUT2D eigenvalue weighted by Gasteiger charge is 2.26. The number of nitrogens with one attached hydrogen (secondary N) is 1. The van der Waals surface area contributed by atoms with Gasteiger partial charge < -0.3 is 10.2 Å². The van der Waals surface area contributed by atoms with Crippen molar-refractivity contribution in [1.29, 1.82) is 0 Å². The quantitative estimate of drug-likeness (QED) is 0.712. The molecule has 0 aliphatic heterocycles. The normalized spacial score (nSPS) is 11.3. The second-order valence-corrected chi connectivity index (χ2v) is 3.58. The zero-order valence-electron chi connectivity index (χ0n) is 9.52. The maximum absolute atomic E-state index is 11.8. The van der Waals surface area contributed by atoms with Gasteiger partial charge in [0.05, 0.1) is 13.1 Å². The van der Waals surface area contributed by atoms with Crippen molar-refractivity contribution in [2.24, 2.45) is 0 Å². The third-order valence-corrected chi connectivity index (χ3v) is 1.80. The molecule has 0 aromatic rings. The van der Waals surface area contributed by atoms with Crippen molar-refractivity contribution in [2.45, 2.75) is 20.0 Å². The molecular weight excluding hydrogens is 221 g/mol. The van der Waals surface area contributed by atoms with Crippen LogP contribution in [0.3, 0.4) is 0 Å². The maximum atomic E-state index is 11.8. The Hall–Kier alpha value is -1.04. The minimum atomic E-state index is -4.29. The molecule has 3 nitrogen and oxygen atoms in total. The van der Waals surface area contributed by atoms with Crippen LogP contribution in [-0.4, -0.2) is 43.2 Å². The number of carbonyl (C=O) groups excluding carboxylic acids is 1. The number of alkyl halides is 3. The molecule has 94 valence electrons. The number of nitrogens with zero attached hydrogens (tertiary/aromatic N) is 1. The zero-order chi connectivity index (χ0) is 12.8. The number of amides is 1. The first kappa shape index (κ1) is 15.0. The predicted octanol–water partition coefficient (Wildman–Crippen LogP) is 1.56. The van der Waals surface area contributed by atoms with E-state index >= 15 is 0 Å². The van der Waals surface area contributed by atoms with Gasteiger partial charge in [-0.05, 0) is 13.8 Å². The highest BCUT2D eigenvalue weighted by atomic mass is 19.4. The molecule has 0 unspecified atom stereocenters. The van der Waals surface area contributed by atoms with Crippen molar-refractivity contribution < 1.29 is 18.0 Å². The molecule has 0 rings (SSSR count). The van der Waals surface area contributed by atoms with Gasteiger partial charge >= 0.3 is 6.18 Å². The van der Waals surface area contributed by atoms with Gasteiger partial charge in [0.2, 0.25) is 5.91 Å². The van der Waals surface area contributed by atoms with Crippen LogP contribution in [0.1, 0.15) is 13.8 Å². The molecular formula is C10H17F3N2O. The summed E-state index contributed by atoms with van der Waals surface area (Å²) in [7, 11) is 0. The Bertz CT molecular complexity index is 251. The topological polar surface area (TPSA) is 32.3 Å². The third kappa shape index (κ3) is 7.28. The van der Waals surface area contributed by atoms with Crippen LogP contribution >= 0.6 is 0 Å². The molecule has 0 spiro atoms. The van der Waals surface area contributed by atoms with E-state index in [1.54, 1.807) is 13.8 Å². The van der Waals surface area contributed by atoms with Gasteiger partial charge in [-0.2, -0.15) is 13.2 Å². The van der Waals surface area contributed by atoms with E-state index in [1.807, 2.05) is 0 Å². The van der Waals surface area contributed by atoms with E-state index in [1.165, 1.54) is 4.90 Å². The minimum Gasteiger partial charge on any atom is -0.338 e. The summed E-state index contributed by atoms with van der Waals surface area (Å²) in [5, 5.41) is 2.07. The first-order chi connectivity index (χ1) is 7.26. The van der Waals surface area contributed by atoms with Crippen LogP contribution in [0, 0.1) is 0 Å². The van der Waals surface area contributed by atoms with Gasteiger partial charge in [0.15, 0.2) is 0 Å². The monoisotopic (exact) mass is 238 g/mol. The van der Waals surface area contributed by atoms with E-state index in [4.69, 9.17) is 0 Å². The Morgan fingerprint density at radius 3 is 2.38 bits per heavy atom. The van der Waals surface area contributed by atoms with Crippen LogP contribution < -0.4 is 5.32 Å². The van der Waals surface area contributed by atoms with E-state index < -0.39 is 12.7 Å². The number of likely N-dealkylation sites (N-methyl/N-ethyl adjacent to an activating group) is 1. The number of rotatable bonds is 6. The van der Waals surface area contributed by atoms with Gasteiger partial charge in [0.1, 0.15) is 0 Å². The largest absolute Gasteiger partial charge is 0.401 e. The number of halogens is 3. The lowest BCUT2D eigenvalue weighted by molar-refractivity contribution is -0.133. The molecule has 0 bridgehead atoms. The molecule has 0 aromatic carbocycles. The second-order valence-electron chi connectivity index (χ2n) is 3.58. The predicted molar refractivity (Wildman–Crippen MR) is 56.0 cm³/mol. The van der Waals surface area contributed by atoms with Crippen molar-refractivity contribution in [2.75, 3.05) is 26.2 Å². The summed E-state index contributed by atoms with van der Waals surface area (Å²) in [6.45, 7) is 6.56. The first-order valence-electron chi connectivity index (χ1n) is 4.96. The molecule has 6 heteroatoms. The van der Waals surface area contributed by atoms with Gasteiger partial charge in [0, 0.05) is 13.1 Å². The maximum Gasteiger partial charge on any atom is 0.401 e. The summed E-state index contributed by atoms with van der Waals surface area (Å²) in [5.41, 5.74) is 0.797. The molecule has 0 aromatic heterocycles. The molecule has 1 amide bonds. The Balaban J connectivity index is 3.98. The molecule has 1 N–H and O–H groups in total. The van der Waals surface area contributed by atoms with Crippen LogP contribution in [0.5, 0.6) is 0 Å². The van der Waals surface area contributed by atoms with Crippen molar-refractivity contribution in [3.8, 4) is 0 Å². The highest BCUT2D eigenvalue weighted by Crippen LogP contribution is 2.11. The van der Waals surface area contributed by atoms with Gasteiger partial charge in [-0.25, -0.2) is 0 Å². The molecule has 0 aliphatic carbocycles. The minimum absolute atomic E-state index is 0.305. The van der Waals surface area contributed by atoms with E-state index in [0.717, 1.165) is 5.57 Å². The fraction of sp³-hybridized carbons (Fsp3) is 0.700. The lowest BCUT2D eigenvalue weighted by Crippen LogP contribution is -2.41. The van der Waals surface area contributed by atoms with Gasteiger partial charge in [-0.15, -0.1) is 0 Å². The van der Waals surface area contributed by atoms with Gasteiger partial charge in [-0.3, -0.25) is 4.79 Å². The Labute approximate surface area is 93.3 Å². The summed E-state index contributed by atoms with van der Waals surface area (Å²) in [6, 6.07) is 0. The van der Waals surface area contributed by atoms with Crippen molar-refractivity contribution in [3.63, 3.8) is 0 Å². The summed E-state index contributed by atoms with van der Waals surface area (Å²) in [6.07, 6.45) is -4.29.